The van der Waals surface area contributed by atoms with Gasteiger partial charge in [0.25, 0.3) is 5.91 Å². The van der Waals surface area contributed by atoms with Crippen molar-refractivity contribution in [2.45, 2.75) is 13.8 Å². The number of ether oxygens (including phenoxy) is 1. The third-order valence-electron chi connectivity index (χ3n) is 4.32. The summed E-state index contributed by atoms with van der Waals surface area (Å²) in [4.78, 5) is 31.2. The monoisotopic (exact) mass is 389 g/mol. The number of nitrogens with zero attached hydrogens (tertiary/aromatic N) is 2. The predicted molar refractivity (Wildman–Crippen MR) is 114 cm³/mol. The molecule has 0 saturated carbocycles. The van der Waals surface area contributed by atoms with Crippen molar-refractivity contribution in [3.8, 4) is 0 Å². The van der Waals surface area contributed by atoms with E-state index in [0.29, 0.717) is 35.8 Å². The minimum absolute atomic E-state index is 0.122. The molecule has 6 heteroatoms. The molecular formula is C23H23N3O3. The van der Waals surface area contributed by atoms with Crippen molar-refractivity contribution < 1.29 is 14.3 Å². The fraction of sp³-hybridized carbons (Fsp3) is 0.174. The first-order valence-electron chi connectivity index (χ1n) is 9.50. The second-order valence-corrected chi connectivity index (χ2v) is 6.21. The summed E-state index contributed by atoms with van der Waals surface area (Å²) in [5.74, 6) is -0.0661. The number of carbonyl (C=O) groups is 2. The number of amides is 1. The smallest absolute Gasteiger partial charge is 0.340 e. The molecule has 0 aliphatic carbocycles. The second kappa shape index (κ2) is 9.50. The van der Waals surface area contributed by atoms with E-state index in [9.17, 15) is 9.59 Å². The minimum Gasteiger partial charge on any atom is -0.462 e. The lowest BCUT2D eigenvalue weighted by Gasteiger charge is -2.21. The van der Waals surface area contributed by atoms with Crippen molar-refractivity contribution in [1.29, 1.82) is 0 Å². The molecular weight excluding hydrogens is 366 g/mol. The lowest BCUT2D eigenvalue weighted by Crippen LogP contribution is -2.30. The molecule has 0 bridgehead atoms. The summed E-state index contributed by atoms with van der Waals surface area (Å²) in [6.07, 6.45) is 1.57. The molecule has 6 nitrogen and oxygen atoms in total. The third kappa shape index (κ3) is 4.79. The van der Waals surface area contributed by atoms with E-state index in [4.69, 9.17) is 4.74 Å². The molecule has 0 radical (unpaired) electrons. The van der Waals surface area contributed by atoms with Crippen molar-refractivity contribution in [2.24, 2.45) is 0 Å². The van der Waals surface area contributed by atoms with E-state index in [1.54, 1.807) is 48.4 Å². The Morgan fingerprint density at radius 2 is 1.72 bits per heavy atom. The minimum atomic E-state index is -0.413. The van der Waals surface area contributed by atoms with E-state index in [1.165, 1.54) is 0 Å². The maximum Gasteiger partial charge on any atom is 0.340 e. The van der Waals surface area contributed by atoms with Gasteiger partial charge in [0.1, 0.15) is 5.82 Å². The van der Waals surface area contributed by atoms with Crippen molar-refractivity contribution in [3.05, 3.63) is 84.1 Å². The maximum atomic E-state index is 13.0. The van der Waals surface area contributed by atoms with E-state index in [-0.39, 0.29) is 5.91 Å². The van der Waals surface area contributed by atoms with Crippen molar-refractivity contribution >= 4 is 29.1 Å². The average molecular weight is 389 g/mol. The summed E-state index contributed by atoms with van der Waals surface area (Å²) in [6, 6.07) is 19.9. The van der Waals surface area contributed by atoms with Crippen LogP contribution in [0.3, 0.4) is 0 Å². The zero-order valence-corrected chi connectivity index (χ0v) is 16.5. The van der Waals surface area contributed by atoms with Crippen molar-refractivity contribution in [3.63, 3.8) is 0 Å². The topological polar surface area (TPSA) is 71.5 Å². The predicted octanol–water partition coefficient (Wildman–Crippen LogP) is 4.67. The highest BCUT2D eigenvalue weighted by atomic mass is 16.5. The first-order valence-corrected chi connectivity index (χ1v) is 9.50. The highest BCUT2D eigenvalue weighted by Gasteiger charge is 2.17. The maximum absolute atomic E-state index is 13.0. The van der Waals surface area contributed by atoms with E-state index in [0.717, 1.165) is 5.69 Å². The molecule has 0 saturated heterocycles. The SMILES string of the molecule is CCOC(=O)c1ccccc1Nc1cc(C(=O)N(CC)c2ccccc2)ccn1. The van der Waals surface area contributed by atoms with Crippen LogP contribution in [0.2, 0.25) is 0 Å². The lowest BCUT2D eigenvalue weighted by molar-refractivity contribution is 0.0527. The molecule has 0 spiro atoms. The van der Waals surface area contributed by atoms with Gasteiger partial charge in [-0.05, 0) is 50.2 Å². The van der Waals surface area contributed by atoms with Gasteiger partial charge in [0.05, 0.1) is 17.9 Å². The fourth-order valence-corrected chi connectivity index (χ4v) is 2.96. The normalized spacial score (nSPS) is 10.3. The molecule has 1 aromatic heterocycles. The van der Waals surface area contributed by atoms with Gasteiger partial charge < -0.3 is 15.0 Å². The molecule has 2 aromatic carbocycles. The molecule has 1 heterocycles. The number of hydrogen-bond donors (Lipinski definition) is 1. The summed E-state index contributed by atoms with van der Waals surface area (Å²) in [7, 11) is 0. The Labute approximate surface area is 170 Å². The summed E-state index contributed by atoms with van der Waals surface area (Å²) in [6.45, 7) is 4.53. The number of para-hydroxylation sites is 2. The molecule has 0 unspecified atom stereocenters. The summed E-state index contributed by atoms with van der Waals surface area (Å²) in [5, 5.41) is 3.12. The number of rotatable bonds is 7. The number of esters is 1. The summed E-state index contributed by atoms with van der Waals surface area (Å²) < 4.78 is 5.10. The van der Waals surface area contributed by atoms with Crippen LogP contribution >= 0.6 is 0 Å². The molecule has 148 valence electrons. The van der Waals surface area contributed by atoms with Crippen LogP contribution < -0.4 is 10.2 Å². The second-order valence-electron chi connectivity index (χ2n) is 6.21. The van der Waals surface area contributed by atoms with Gasteiger partial charge in [-0.25, -0.2) is 9.78 Å². The van der Waals surface area contributed by atoms with Crippen molar-refractivity contribution in [1.82, 2.24) is 4.98 Å². The highest BCUT2D eigenvalue weighted by molar-refractivity contribution is 6.06. The first-order chi connectivity index (χ1) is 14.1. The van der Waals surface area contributed by atoms with Crippen LogP contribution in [0.5, 0.6) is 0 Å². The van der Waals surface area contributed by atoms with Gasteiger partial charge in [-0.2, -0.15) is 0 Å². The molecule has 1 N–H and O–H groups in total. The number of aromatic nitrogens is 1. The quantitative estimate of drug-likeness (QED) is 0.595. The number of anilines is 3. The molecule has 0 aliphatic heterocycles. The Hall–Kier alpha value is -3.67. The Balaban J connectivity index is 1.85. The van der Waals surface area contributed by atoms with Crippen LogP contribution in [-0.2, 0) is 4.74 Å². The number of benzene rings is 2. The Kier molecular flexibility index (Phi) is 6.58. The molecule has 0 aliphatic rings. The van der Waals surface area contributed by atoms with Gasteiger partial charge in [-0.1, -0.05) is 30.3 Å². The van der Waals surface area contributed by atoms with E-state index in [1.807, 2.05) is 43.3 Å². The Bertz CT molecular complexity index is 989. The van der Waals surface area contributed by atoms with Crippen LogP contribution in [0.15, 0.2) is 72.9 Å². The number of hydrogen-bond acceptors (Lipinski definition) is 5. The Morgan fingerprint density at radius 3 is 2.45 bits per heavy atom. The van der Waals surface area contributed by atoms with Crippen LogP contribution in [0.25, 0.3) is 0 Å². The first kappa shape index (κ1) is 20.1. The molecule has 3 rings (SSSR count). The lowest BCUT2D eigenvalue weighted by atomic mass is 10.1. The number of nitrogens with one attached hydrogen (secondary N) is 1. The fourth-order valence-electron chi connectivity index (χ4n) is 2.96. The van der Waals surface area contributed by atoms with Gasteiger partial charge in [-0.15, -0.1) is 0 Å². The van der Waals surface area contributed by atoms with Crippen LogP contribution in [0, 0.1) is 0 Å². The number of pyridine rings is 1. The summed E-state index contributed by atoms with van der Waals surface area (Å²) in [5.41, 5.74) is 2.31. The van der Waals surface area contributed by atoms with Crippen molar-refractivity contribution in [2.75, 3.05) is 23.4 Å². The third-order valence-corrected chi connectivity index (χ3v) is 4.32. The largest absolute Gasteiger partial charge is 0.462 e. The van der Waals surface area contributed by atoms with Gasteiger partial charge in [0.15, 0.2) is 0 Å². The Morgan fingerprint density at radius 1 is 1.00 bits per heavy atom. The number of carbonyl (C=O) groups excluding carboxylic acids is 2. The molecule has 0 atom stereocenters. The zero-order chi connectivity index (χ0) is 20.6. The van der Waals surface area contributed by atoms with Crippen LogP contribution in [-0.4, -0.2) is 30.0 Å². The molecule has 1 amide bonds. The van der Waals surface area contributed by atoms with Gasteiger partial charge in [0, 0.05) is 24.0 Å². The van der Waals surface area contributed by atoms with Gasteiger partial charge in [-0.3, -0.25) is 4.79 Å². The van der Waals surface area contributed by atoms with Gasteiger partial charge in [0.2, 0.25) is 0 Å². The molecule has 29 heavy (non-hydrogen) atoms. The van der Waals surface area contributed by atoms with E-state index >= 15 is 0 Å². The van der Waals surface area contributed by atoms with Crippen LogP contribution in [0.4, 0.5) is 17.2 Å². The highest BCUT2D eigenvalue weighted by Crippen LogP contribution is 2.22. The van der Waals surface area contributed by atoms with Gasteiger partial charge >= 0.3 is 5.97 Å². The van der Waals surface area contributed by atoms with Crippen LogP contribution in [0.1, 0.15) is 34.6 Å². The zero-order valence-electron chi connectivity index (χ0n) is 16.5. The van der Waals surface area contributed by atoms with E-state index in [2.05, 4.69) is 10.3 Å². The van der Waals surface area contributed by atoms with E-state index < -0.39 is 5.97 Å². The molecule has 0 fully saturated rings. The summed E-state index contributed by atoms with van der Waals surface area (Å²) >= 11 is 0. The molecule has 3 aromatic rings. The average Bonchev–Trinajstić information content (AvgIpc) is 2.76. The standard InChI is InChI=1S/C23H23N3O3/c1-3-26(18-10-6-5-7-11-18)22(27)17-14-15-24-21(16-17)25-20-13-9-8-12-19(20)23(28)29-4-2/h5-16H,3-4H2,1-2H3,(H,24,25).